The van der Waals surface area contributed by atoms with E-state index in [1.165, 1.54) is 0 Å². The first kappa shape index (κ1) is 9.45. The zero-order valence-electron chi connectivity index (χ0n) is 7.53. The zero-order valence-corrected chi connectivity index (χ0v) is 8.34. The molecule has 12 heavy (non-hydrogen) atoms. The van der Waals surface area contributed by atoms with Gasteiger partial charge in [-0.2, -0.15) is 11.8 Å². The van der Waals surface area contributed by atoms with Gasteiger partial charge in [0.2, 0.25) is 0 Å². The third kappa shape index (κ3) is 1.94. The normalized spacial score (nSPS) is 13.2. The molecule has 3 nitrogen and oxygen atoms in total. The predicted molar refractivity (Wildman–Crippen MR) is 54.3 cm³/mol. The second-order valence-corrected chi connectivity index (χ2v) is 3.62. The highest BCUT2D eigenvalue weighted by molar-refractivity contribution is 7.98. The Kier molecular flexibility index (Phi) is 3.47. The summed E-state index contributed by atoms with van der Waals surface area (Å²) in [5.74, 6) is 1.72. The second kappa shape index (κ2) is 4.40. The van der Waals surface area contributed by atoms with Gasteiger partial charge >= 0.3 is 0 Å². The van der Waals surface area contributed by atoms with E-state index in [1.807, 2.05) is 22.5 Å². The SMILES string of the molecule is CCC(CSC)n1ccnc1N. The van der Waals surface area contributed by atoms with Crippen molar-refractivity contribution >= 4 is 17.7 Å². The standard InChI is InChI=1S/C8H15N3S/c1-3-7(6-12-2)11-5-4-10-8(11)9/h4-5,7H,3,6H2,1-2H3,(H2,9,10). The maximum atomic E-state index is 5.69. The molecule has 0 saturated carbocycles. The van der Waals surface area contributed by atoms with E-state index in [0.29, 0.717) is 12.0 Å². The molecule has 1 aromatic heterocycles. The molecule has 1 heterocycles. The van der Waals surface area contributed by atoms with Gasteiger partial charge in [-0.25, -0.2) is 4.98 Å². The Morgan fingerprint density at radius 1 is 1.75 bits per heavy atom. The summed E-state index contributed by atoms with van der Waals surface area (Å²) in [7, 11) is 0. The number of hydrogen-bond acceptors (Lipinski definition) is 3. The molecule has 0 bridgehead atoms. The molecular formula is C8H15N3S. The summed E-state index contributed by atoms with van der Waals surface area (Å²) in [5.41, 5.74) is 5.69. The number of nitrogen functional groups attached to an aromatic ring is 1. The lowest BCUT2D eigenvalue weighted by molar-refractivity contribution is 0.546. The molecule has 1 atom stereocenters. The number of aromatic nitrogens is 2. The predicted octanol–water partition coefficient (Wildman–Crippen LogP) is 1.78. The van der Waals surface area contributed by atoms with Crippen LogP contribution in [-0.2, 0) is 0 Å². The summed E-state index contributed by atoms with van der Waals surface area (Å²) < 4.78 is 2.04. The van der Waals surface area contributed by atoms with Crippen LogP contribution in [0.15, 0.2) is 12.4 Å². The minimum absolute atomic E-state index is 0.488. The van der Waals surface area contributed by atoms with Crippen molar-refractivity contribution in [2.45, 2.75) is 19.4 Å². The van der Waals surface area contributed by atoms with E-state index in [9.17, 15) is 0 Å². The molecule has 1 aromatic rings. The van der Waals surface area contributed by atoms with Crippen molar-refractivity contribution in [3.05, 3.63) is 12.4 Å². The van der Waals surface area contributed by atoms with Crippen molar-refractivity contribution in [2.24, 2.45) is 0 Å². The number of rotatable bonds is 4. The summed E-state index contributed by atoms with van der Waals surface area (Å²) in [6, 6.07) is 0.488. The van der Waals surface area contributed by atoms with Gasteiger partial charge in [-0.05, 0) is 12.7 Å². The van der Waals surface area contributed by atoms with Gasteiger partial charge in [-0.3, -0.25) is 0 Å². The van der Waals surface area contributed by atoms with Gasteiger partial charge < -0.3 is 10.3 Å². The summed E-state index contributed by atoms with van der Waals surface area (Å²) in [6.45, 7) is 2.17. The topological polar surface area (TPSA) is 43.8 Å². The Bertz CT molecular complexity index is 234. The largest absolute Gasteiger partial charge is 0.369 e. The lowest BCUT2D eigenvalue weighted by Crippen LogP contribution is -2.12. The number of anilines is 1. The molecule has 0 spiro atoms. The zero-order chi connectivity index (χ0) is 8.97. The van der Waals surface area contributed by atoms with Crippen LogP contribution in [-0.4, -0.2) is 21.6 Å². The second-order valence-electron chi connectivity index (χ2n) is 2.71. The van der Waals surface area contributed by atoms with E-state index >= 15 is 0 Å². The first-order valence-electron chi connectivity index (χ1n) is 4.06. The van der Waals surface area contributed by atoms with Crippen molar-refractivity contribution in [3.8, 4) is 0 Å². The summed E-state index contributed by atoms with van der Waals surface area (Å²) in [4.78, 5) is 4.00. The van der Waals surface area contributed by atoms with E-state index < -0.39 is 0 Å². The molecule has 0 aliphatic rings. The Hall–Kier alpha value is -0.640. The molecular weight excluding hydrogens is 170 g/mol. The number of nitrogens with zero attached hydrogens (tertiary/aromatic N) is 2. The van der Waals surface area contributed by atoms with Gasteiger partial charge in [0.25, 0.3) is 0 Å². The van der Waals surface area contributed by atoms with Crippen molar-refractivity contribution < 1.29 is 0 Å². The molecule has 0 saturated heterocycles. The minimum atomic E-state index is 0.488. The molecule has 0 radical (unpaired) electrons. The fourth-order valence-electron chi connectivity index (χ4n) is 1.22. The number of imidazole rings is 1. The van der Waals surface area contributed by atoms with Gasteiger partial charge in [-0.15, -0.1) is 0 Å². The molecule has 1 rings (SSSR count). The number of hydrogen-bond donors (Lipinski definition) is 1. The highest BCUT2D eigenvalue weighted by Gasteiger charge is 2.09. The Labute approximate surface area is 77.4 Å². The van der Waals surface area contributed by atoms with Crippen LogP contribution in [0.1, 0.15) is 19.4 Å². The van der Waals surface area contributed by atoms with Gasteiger partial charge in [0.1, 0.15) is 0 Å². The summed E-state index contributed by atoms with van der Waals surface area (Å²) in [6.07, 6.45) is 6.90. The van der Waals surface area contributed by atoms with Crippen LogP contribution in [0.2, 0.25) is 0 Å². The smallest absolute Gasteiger partial charge is 0.200 e. The van der Waals surface area contributed by atoms with E-state index in [2.05, 4.69) is 18.2 Å². The van der Waals surface area contributed by atoms with E-state index in [0.717, 1.165) is 12.2 Å². The third-order valence-corrected chi connectivity index (χ3v) is 2.64. The minimum Gasteiger partial charge on any atom is -0.369 e. The highest BCUT2D eigenvalue weighted by Crippen LogP contribution is 2.18. The lowest BCUT2D eigenvalue weighted by Gasteiger charge is -2.16. The van der Waals surface area contributed by atoms with Crippen molar-refractivity contribution in [2.75, 3.05) is 17.7 Å². The molecule has 68 valence electrons. The first-order chi connectivity index (χ1) is 5.79. The quantitative estimate of drug-likeness (QED) is 0.777. The third-order valence-electron chi connectivity index (χ3n) is 1.92. The Morgan fingerprint density at radius 2 is 2.50 bits per heavy atom. The average molecular weight is 185 g/mol. The van der Waals surface area contributed by atoms with Gasteiger partial charge in [0.05, 0.1) is 0 Å². The van der Waals surface area contributed by atoms with Gasteiger partial charge in [0, 0.05) is 24.2 Å². The average Bonchev–Trinajstić information content (AvgIpc) is 2.47. The fourth-order valence-corrected chi connectivity index (χ4v) is 2.00. The summed E-state index contributed by atoms with van der Waals surface area (Å²) in [5, 5.41) is 0. The highest BCUT2D eigenvalue weighted by atomic mass is 32.2. The molecule has 4 heteroatoms. The molecule has 2 N–H and O–H groups in total. The fraction of sp³-hybridized carbons (Fsp3) is 0.625. The van der Waals surface area contributed by atoms with E-state index in [4.69, 9.17) is 5.73 Å². The van der Waals surface area contributed by atoms with E-state index in [1.54, 1.807) is 6.20 Å². The molecule has 0 fully saturated rings. The molecule has 0 aromatic carbocycles. The van der Waals surface area contributed by atoms with Crippen LogP contribution in [0.4, 0.5) is 5.95 Å². The maximum Gasteiger partial charge on any atom is 0.200 e. The number of nitrogens with two attached hydrogens (primary N) is 1. The van der Waals surface area contributed by atoms with Crippen LogP contribution in [0.25, 0.3) is 0 Å². The van der Waals surface area contributed by atoms with E-state index in [-0.39, 0.29) is 0 Å². The van der Waals surface area contributed by atoms with Crippen LogP contribution in [0.3, 0.4) is 0 Å². The molecule has 0 amide bonds. The van der Waals surface area contributed by atoms with Crippen LogP contribution < -0.4 is 5.73 Å². The lowest BCUT2D eigenvalue weighted by atomic mass is 10.2. The monoisotopic (exact) mass is 185 g/mol. The van der Waals surface area contributed by atoms with Crippen LogP contribution in [0, 0.1) is 0 Å². The first-order valence-corrected chi connectivity index (χ1v) is 5.46. The Morgan fingerprint density at radius 3 is 2.92 bits per heavy atom. The Balaban J connectivity index is 2.72. The van der Waals surface area contributed by atoms with Crippen molar-refractivity contribution in [3.63, 3.8) is 0 Å². The molecule has 1 unspecified atom stereocenters. The maximum absolute atomic E-state index is 5.69. The van der Waals surface area contributed by atoms with Crippen molar-refractivity contribution in [1.29, 1.82) is 0 Å². The summed E-state index contributed by atoms with van der Waals surface area (Å²) >= 11 is 1.84. The molecule has 0 aliphatic carbocycles. The van der Waals surface area contributed by atoms with Gasteiger partial charge in [-0.1, -0.05) is 6.92 Å². The van der Waals surface area contributed by atoms with Crippen LogP contribution >= 0.6 is 11.8 Å². The van der Waals surface area contributed by atoms with Crippen molar-refractivity contribution in [1.82, 2.24) is 9.55 Å². The van der Waals surface area contributed by atoms with Gasteiger partial charge in [0.15, 0.2) is 5.95 Å². The van der Waals surface area contributed by atoms with Crippen LogP contribution in [0.5, 0.6) is 0 Å². The number of thioether (sulfide) groups is 1. The molecule has 0 aliphatic heterocycles.